The number of benzene rings is 2. The topological polar surface area (TPSA) is 87.7 Å². The second-order valence-corrected chi connectivity index (χ2v) is 7.83. The maximum Gasteiger partial charge on any atom is 0.201 e. The number of nitrogens with two attached hydrogens (primary N) is 2. The number of para-hydroxylation sites is 4. The number of hydrogen-bond acceptors (Lipinski definition) is 4. The molecule has 0 saturated heterocycles. The molecule has 1 saturated carbocycles. The van der Waals surface area contributed by atoms with Gasteiger partial charge in [-0.25, -0.2) is 9.97 Å². The molecular formula is C22H26N6. The van der Waals surface area contributed by atoms with Crippen molar-refractivity contribution in [3.63, 3.8) is 0 Å². The zero-order chi connectivity index (χ0) is 19.1. The summed E-state index contributed by atoms with van der Waals surface area (Å²) in [6.07, 6.45) is 6.68. The summed E-state index contributed by atoms with van der Waals surface area (Å²) in [5.41, 5.74) is 16.8. The summed E-state index contributed by atoms with van der Waals surface area (Å²) in [6, 6.07) is 17.3. The maximum absolute atomic E-state index is 6.28. The summed E-state index contributed by atoms with van der Waals surface area (Å²) in [7, 11) is 0. The molecule has 0 bridgehead atoms. The van der Waals surface area contributed by atoms with Crippen molar-refractivity contribution < 1.29 is 0 Å². The van der Waals surface area contributed by atoms with E-state index in [0.717, 1.165) is 60.6 Å². The van der Waals surface area contributed by atoms with Crippen LogP contribution in [0, 0.1) is 0 Å². The normalized spacial score (nSPS) is 21.0. The highest BCUT2D eigenvalue weighted by Gasteiger charge is 2.24. The van der Waals surface area contributed by atoms with Gasteiger partial charge in [0, 0.05) is 12.1 Å². The van der Waals surface area contributed by atoms with Crippen molar-refractivity contribution in [2.45, 2.75) is 50.6 Å². The molecule has 4 aromatic rings. The summed E-state index contributed by atoms with van der Waals surface area (Å²) in [5.74, 6) is 1.27. The Morgan fingerprint density at radius 2 is 1.04 bits per heavy atom. The SMILES string of the molecule is Nc1nc2ccccc2n1[C@H]1CCC[C@H](n2c(N)nc3ccccc32)CCC1. The number of rotatable bonds is 2. The highest BCUT2D eigenvalue weighted by Crippen LogP contribution is 2.37. The van der Waals surface area contributed by atoms with E-state index in [1.165, 1.54) is 0 Å². The van der Waals surface area contributed by atoms with Crippen LogP contribution in [0.25, 0.3) is 22.1 Å². The monoisotopic (exact) mass is 374 g/mol. The number of nitrogen functional groups attached to an aromatic ring is 2. The predicted octanol–water partition coefficient (Wildman–Crippen LogP) is 4.69. The van der Waals surface area contributed by atoms with Crippen LogP contribution < -0.4 is 11.5 Å². The van der Waals surface area contributed by atoms with E-state index in [0.29, 0.717) is 24.0 Å². The standard InChI is InChI=1S/C22H26N6/c23-21-25-17-11-1-3-13-19(17)27(21)15-7-5-9-16(10-6-8-15)28-20-14-4-2-12-18(20)26-22(28)24/h1-4,11-16H,5-10H2,(H2,23,25)(H2,24,26)/t15-,16-. The van der Waals surface area contributed by atoms with E-state index in [9.17, 15) is 0 Å². The Kier molecular flexibility index (Phi) is 4.19. The average molecular weight is 374 g/mol. The minimum Gasteiger partial charge on any atom is -0.369 e. The van der Waals surface area contributed by atoms with Crippen molar-refractivity contribution in [3.8, 4) is 0 Å². The number of nitrogens with zero attached hydrogens (tertiary/aromatic N) is 4. The quantitative estimate of drug-likeness (QED) is 0.533. The minimum atomic E-state index is 0.408. The first-order chi connectivity index (χ1) is 13.7. The van der Waals surface area contributed by atoms with E-state index >= 15 is 0 Å². The highest BCUT2D eigenvalue weighted by molar-refractivity contribution is 5.79. The van der Waals surface area contributed by atoms with Crippen LogP contribution in [0.15, 0.2) is 48.5 Å². The lowest BCUT2D eigenvalue weighted by molar-refractivity contribution is 0.324. The molecule has 1 aliphatic rings. The molecule has 0 radical (unpaired) electrons. The van der Waals surface area contributed by atoms with Gasteiger partial charge in [-0.15, -0.1) is 0 Å². The van der Waals surface area contributed by atoms with Crippen molar-refractivity contribution in [2.24, 2.45) is 0 Å². The van der Waals surface area contributed by atoms with Crippen molar-refractivity contribution in [1.29, 1.82) is 0 Å². The number of hydrogen-bond donors (Lipinski definition) is 2. The lowest BCUT2D eigenvalue weighted by atomic mass is 9.93. The Bertz CT molecular complexity index is 1030. The lowest BCUT2D eigenvalue weighted by Crippen LogP contribution is -2.18. The van der Waals surface area contributed by atoms with Crippen molar-refractivity contribution in [2.75, 3.05) is 11.5 Å². The van der Waals surface area contributed by atoms with Gasteiger partial charge in [-0.05, 0) is 62.8 Å². The Labute approximate surface area is 164 Å². The molecule has 0 atom stereocenters. The molecule has 4 N–H and O–H groups in total. The molecule has 1 fully saturated rings. The minimum absolute atomic E-state index is 0.408. The zero-order valence-electron chi connectivity index (χ0n) is 16.0. The van der Waals surface area contributed by atoms with E-state index < -0.39 is 0 Å². The van der Waals surface area contributed by atoms with Crippen molar-refractivity contribution >= 4 is 34.0 Å². The summed E-state index contributed by atoms with van der Waals surface area (Å²) in [5, 5.41) is 0. The fourth-order valence-electron chi connectivity index (χ4n) is 4.88. The van der Waals surface area contributed by atoms with Crippen LogP contribution in [-0.4, -0.2) is 19.1 Å². The molecule has 0 unspecified atom stereocenters. The molecule has 2 aromatic heterocycles. The molecule has 0 spiro atoms. The summed E-state index contributed by atoms with van der Waals surface area (Å²) in [6.45, 7) is 0. The van der Waals surface area contributed by atoms with Gasteiger partial charge < -0.3 is 20.6 Å². The number of fused-ring (bicyclic) bond motifs is 2. The third-order valence-electron chi connectivity index (χ3n) is 6.13. The summed E-state index contributed by atoms with van der Waals surface area (Å²) < 4.78 is 4.49. The first-order valence-electron chi connectivity index (χ1n) is 10.2. The largest absolute Gasteiger partial charge is 0.369 e. The number of anilines is 2. The molecule has 2 aromatic carbocycles. The summed E-state index contributed by atoms with van der Waals surface area (Å²) >= 11 is 0. The fourth-order valence-corrected chi connectivity index (χ4v) is 4.88. The molecule has 6 heteroatoms. The van der Waals surface area contributed by atoms with E-state index in [4.69, 9.17) is 11.5 Å². The molecule has 6 nitrogen and oxygen atoms in total. The van der Waals surface area contributed by atoms with Crippen LogP contribution in [0.2, 0.25) is 0 Å². The van der Waals surface area contributed by atoms with E-state index in [1.807, 2.05) is 24.3 Å². The molecule has 28 heavy (non-hydrogen) atoms. The van der Waals surface area contributed by atoms with Gasteiger partial charge in [0.05, 0.1) is 22.1 Å². The number of imidazole rings is 2. The lowest BCUT2D eigenvalue weighted by Gasteiger charge is -2.28. The van der Waals surface area contributed by atoms with Gasteiger partial charge >= 0.3 is 0 Å². The number of aromatic nitrogens is 4. The molecule has 144 valence electrons. The summed E-state index contributed by atoms with van der Waals surface area (Å²) in [4.78, 5) is 9.11. The first-order valence-corrected chi connectivity index (χ1v) is 10.2. The third kappa shape index (κ3) is 2.80. The van der Waals surface area contributed by atoms with Crippen LogP contribution in [0.1, 0.15) is 50.6 Å². The Hall–Kier alpha value is -3.02. The maximum atomic E-state index is 6.28. The fraction of sp³-hybridized carbons (Fsp3) is 0.364. The van der Waals surface area contributed by atoms with Gasteiger partial charge in [0.25, 0.3) is 0 Å². The van der Waals surface area contributed by atoms with Crippen LogP contribution in [0.4, 0.5) is 11.9 Å². The third-order valence-corrected chi connectivity index (χ3v) is 6.13. The van der Waals surface area contributed by atoms with Crippen LogP contribution in [-0.2, 0) is 0 Å². The van der Waals surface area contributed by atoms with Gasteiger partial charge in [0.1, 0.15) is 0 Å². The predicted molar refractivity (Wildman–Crippen MR) is 114 cm³/mol. The average Bonchev–Trinajstić information content (AvgIpc) is 3.18. The molecule has 5 rings (SSSR count). The van der Waals surface area contributed by atoms with E-state index in [-0.39, 0.29) is 0 Å². The van der Waals surface area contributed by atoms with Gasteiger partial charge in [0.2, 0.25) is 11.9 Å². The van der Waals surface area contributed by atoms with Gasteiger partial charge in [-0.1, -0.05) is 24.3 Å². The van der Waals surface area contributed by atoms with E-state index in [2.05, 4.69) is 43.4 Å². The van der Waals surface area contributed by atoms with Gasteiger partial charge in [-0.3, -0.25) is 0 Å². The second-order valence-electron chi connectivity index (χ2n) is 7.83. The van der Waals surface area contributed by atoms with Crippen molar-refractivity contribution in [1.82, 2.24) is 19.1 Å². The molecule has 1 aliphatic carbocycles. The van der Waals surface area contributed by atoms with Crippen LogP contribution in [0.3, 0.4) is 0 Å². The Morgan fingerprint density at radius 1 is 0.643 bits per heavy atom. The van der Waals surface area contributed by atoms with Crippen LogP contribution in [0.5, 0.6) is 0 Å². The Balaban J connectivity index is 1.39. The molecule has 2 heterocycles. The molecule has 0 aliphatic heterocycles. The van der Waals surface area contributed by atoms with Crippen molar-refractivity contribution in [3.05, 3.63) is 48.5 Å². The smallest absolute Gasteiger partial charge is 0.201 e. The second kappa shape index (κ2) is 6.86. The van der Waals surface area contributed by atoms with E-state index in [1.54, 1.807) is 0 Å². The highest BCUT2D eigenvalue weighted by atomic mass is 15.2. The first kappa shape index (κ1) is 17.1. The zero-order valence-corrected chi connectivity index (χ0v) is 16.0. The molecule has 0 amide bonds. The Morgan fingerprint density at radius 3 is 1.46 bits per heavy atom. The molecular weight excluding hydrogens is 348 g/mol. The van der Waals surface area contributed by atoms with Gasteiger partial charge in [0.15, 0.2) is 0 Å². The van der Waals surface area contributed by atoms with Gasteiger partial charge in [-0.2, -0.15) is 0 Å². The van der Waals surface area contributed by atoms with Crippen LogP contribution >= 0.6 is 0 Å².